The van der Waals surface area contributed by atoms with Crippen LogP contribution in [0.2, 0.25) is 0 Å². The lowest BCUT2D eigenvalue weighted by Gasteiger charge is -2.17. The minimum absolute atomic E-state index is 0.0431. The fourth-order valence-corrected chi connectivity index (χ4v) is 3.66. The second-order valence-electron chi connectivity index (χ2n) is 7.72. The van der Waals surface area contributed by atoms with Crippen LogP contribution in [0.15, 0.2) is 66.9 Å². The Bertz CT molecular complexity index is 1160. The molecule has 0 saturated carbocycles. The summed E-state index contributed by atoms with van der Waals surface area (Å²) in [5.74, 6) is 0.243. The van der Waals surface area contributed by atoms with Crippen LogP contribution in [0.4, 0.5) is 0 Å². The van der Waals surface area contributed by atoms with E-state index in [4.69, 9.17) is 14.6 Å². The first-order chi connectivity index (χ1) is 15.5. The number of carboxylic acids is 1. The second-order valence-corrected chi connectivity index (χ2v) is 7.72. The first-order valence-electron chi connectivity index (χ1n) is 10.6. The van der Waals surface area contributed by atoms with Crippen molar-refractivity contribution >= 4 is 17.8 Å². The van der Waals surface area contributed by atoms with E-state index in [1.165, 1.54) is 6.92 Å². The molecule has 6 heteroatoms. The molecule has 0 fully saturated rings. The average molecular weight is 431 g/mol. The number of hydrogen-bond acceptors (Lipinski definition) is 4. The lowest BCUT2D eigenvalue weighted by molar-refractivity contribution is -0.144. The van der Waals surface area contributed by atoms with Crippen molar-refractivity contribution in [1.82, 2.24) is 4.57 Å². The Kier molecular flexibility index (Phi) is 6.40. The van der Waals surface area contributed by atoms with E-state index in [2.05, 4.69) is 0 Å². The van der Waals surface area contributed by atoms with Crippen LogP contribution in [0.5, 0.6) is 11.5 Å². The van der Waals surface area contributed by atoms with Crippen molar-refractivity contribution in [3.63, 3.8) is 0 Å². The summed E-state index contributed by atoms with van der Waals surface area (Å²) >= 11 is 0. The van der Waals surface area contributed by atoms with Crippen molar-refractivity contribution in [2.24, 2.45) is 0 Å². The quantitative estimate of drug-likeness (QED) is 0.527. The molecular weight excluding hydrogens is 406 g/mol. The minimum Gasteiger partial charge on any atom is -0.493 e. The topological polar surface area (TPSA) is 77.8 Å². The molecule has 1 aliphatic rings. The number of carbonyl (C=O) groups excluding carboxylic acids is 1. The number of rotatable bonds is 8. The van der Waals surface area contributed by atoms with Crippen molar-refractivity contribution in [2.45, 2.75) is 32.4 Å². The minimum atomic E-state index is -1.01. The van der Waals surface area contributed by atoms with E-state index in [-0.39, 0.29) is 5.78 Å². The van der Waals surface area contributed by atoms with Gasteiger partial charge >= 0.3 is 5.97 Å². The number of benzene rings is 2. The number of aromatic nitrogens is 1. The van der Waals surface area contributed by atoms with Crippen molar-refractivity contribution in [3.8, 4) is 11.5 Å². The summed E-state index contributed by atoms with van der Waals surface area (Å²) in [7, 11) is 0. The third-order valence-electron chi connectivity index (χ3n) is 5.37. The molecule has 2 aromatic carbocycles. The molecule has 0 unspecified atom stereocenters. The number of ether oxygens (including phenoxy) is 2. The molecule has 0 spiro atoms. The summed E-state index contributed by atoms with van der Waals surface area (Å²) < 4.78 is 13.0. The summed E-state index contributed by atoms with van der Waals surface area (Å²) in [6.07, 6.45) is 6.80. The number of fused-ring (bicyclic) bond motifs is 1. The van der Waals surface area contributed by atoms with Crippen LogP contribution in [-0.4, -0.2) is 34.1 Å². The van der Waals surface area contributed by atoms with Crippen LogP contribution >= 0.6 is 0 Å². The van der Waals surface area contributed by atoms with Crippen molar-refractivity contribution in [2.75, 3.05) is 6.61 Å². The molecular formula is C26H25NO5. The number of nitrogens with zero attached hydrogens (tertiary/aromatic N) is 1. The number of aryl methyl sites for hydroxylation is 1. The second kappa shape index (κ2) is 9.56. The lowest BCUT2D eigenvalue weighted by atomic mass is 10.0. The van der Waals surface area contributed by atoms with Gasteiger partial charge in [-0.05, 0) is 61.2 Å². The summed E-state index contributed by atoms with van der Waals surface area (Å²) in [5.41, 5.74) is 3.26. The smallest absolute Gasteiger partial charge is 0.344 e. The first-order valence-corrected chi connectivity index (χ1v) is 10.6. The van der Waals surface area contributed by atoms with Gasteiger partial charge < -0.3 is 19.1 Å². The molecule has 2 heterocycles. The van der Waals surface area contributed by atoms with Crippen LogP contribution in [-0.2, 0) is 17.8 Å². The van der Waals surface area contributed by atoms with Crippen molar-refractivity contribution in [1.29, 1.82) is 0 Å². The maximum atomic E-state index is 13.1. The Balaban J connectivity index is 1.45. The standard InChI is InChI=1S/C26H25NO5/c1-18(26(29)30)32-22-9-2-6-19(16-22)7-3-13-27-14-4-10-23(27)25(28)21-12-11-20-8-5-15-31-24(20)17-21/h2-4,6-7,9-12,14,16-18H,5,8,13,15H2,1H3,(H,29,30)/t18-/m0/s1. The van der Waals surface area contributed by atoms with E-state index in [0.717, 1.165) is 29.7 Å². The third-order valence-corrected chi connectivity index (χ3v) is 5.37. The molecule has 164 valence electrons. The molecule has 32 heavy (non-hydrogen) atoms. The van der Waals surface area contributed by atoms with E-state index in [1.807, 2.05) is 65.4 Å². The van der Waals surface area contributed by atoms with E-state index >= 15 is 0 Å². The fourth-order valence-electron chi connectivity index (χ4n) is 3.66. The highest BCUT2D eigenvalue weighted by molar-refractivity contribution is 6.08. The highest BCUT2D eigenvalue weighted by Crippen LogP contribution is 2.27. The Hall–Kier alpha value is -3.80. The Labute approximate surface area is 186 Å². The molecule has 1 atom stereocenters. The Morgan fingerprint density at radius 3 is 2.91 bits per heavy atom. The van der Waals surface area contributed by atoms with E-state index in [9.17, 15) is 9.59 Å². The van der Waals surface area contributed by atoms with Crippen LogP contribution in [0, 0.1) is 0 Å². The number of carbonyl (C=O) groups is 2. The van der Waals surface area contributed by atoms with Gasteiger partial charge in [-0.3, -0.25) is 4.79 Å². The van der Waals surface area contributed by atoms with Gasteiger partial charge in [0.25, 0.3) is 0 Å². The maximum absolute atomic E-state index is 13.1. The molecule has 0 aliphatic carbocycles. The predicted octanol–water partition coefficient (Wildman–Crippen LogP) is 4.61. The largest absolute Gasteiger partial charge is 0.493 e. The number of aliphatic carboxylic acids is 1. The van der Waals surface area contributed by atoms with Gasteiger partial charge in [-0.15, -0.1) is 0 Å². The zero-order chi connectivity index (χ0) is 22.5. The highest BCUT2D eigenvalue weighted by Gasteiger charge is 2.17. The number of allylic oxidation sites excluding steroid dienone is 1. The first kappa shape index (κ1) is 21.4. The van der Waals surface area contributed by atoms with Crippen LogP contribution in [0.1, 0.15) is 40.5 Å². The summed E-state index contributed by atoms with van der Waals surface area (Å²) in [5, 5.41) is 8.99. The summed E-state index contributed by atoms with van der Waals surface area (Å²) in [6, 6.07) is 16.6. The number of ketones is 1. The molecule has 0 saturated heterocycles. The molecule has 1 N–H and O–H groups in total. The summed E-state index contributed by atoms with van der Waals surface area (Å²) in [4.78, 5) is 24.1. The van der Waals surface area contributed by atoms with Crippen LogP contribution in [0.3, 0.4) is 0 Å². The van der Waals surface area contributed by atoms with Gasteiger partial charge in [0.1, 0.15) is 11.5 Å². The van der Waals surface area contributed by atoms with Crippen molar-refractivity contribution in [3.05, 3.63) is 89.3 Å². The zero-order valence-electron chi connectivity index (χ0n) is 17.9. The molecule has 1 aromatic heterocycles. The fraction of sp³-hybridized carbons (Fsp3) is 0.231. The van der Waals surface area contributed by atoms with Gasteiger partial charge in [-0.25, -0.2) is 4.79 Å². The Morgan fingerprint density at radius 2 is 2.06 bits per heavy atom. The third kappa shape index (κ3) is 4.91. The highest BCUT2D eigenvalue weighted by atomic mass is 16.5. The van der Waals surface area contributed by atoms with E-state index < -0.39 is 12.1 Å². The normalized spacial score (nSPS) is 13.9. The van der Waals surface area contributed by atoms with E-state index in [1.54, 1.807) is 12.1 Å². The van der Waals surface area contributed by atoms with E-state index in [0.29, 0.717) is 30.2 Å². The number of carboxylic acid groups (broad SMARTS) is 1. The van der Waals surface area contributed by atoms with Gasteiger partial charge in [0.15, 0.2) is 6.10 Å². The Morgan fingerprint density at radius 1 is 1.19 bits per heavy atom. The molecule has 0 bridgehead atoms. The zero-order valence-corrected chi connectivity index (χ0v) is 17.9. The number of hydrogen-bond donors (Lipinski definition) is 1. The van der Waals surface area contributed by atoms with Gasteiger partial charge in [0.2, 0.25) is 5.78 Å². The molecule has 0 radical (unpaired) electrons. The molecule has 4 rings (SSSR count). The van der Waals surface area contributed by atoms with Crippen LogP contribution in [0.25, 0.3) is 6.08 Å². The summed E-state index contributed by atoms with van der Waals surface area (Å²) in [6.45, 7) is 2.70. The van der Waals surface area contributed by atoms with Gasteiger partial charge in [-0.2, -0.15) is 0 Å². The SMILES string of the molecule is C[C@H](Oc1cccc(C=CCn2cccc2C(=O)c2ccc3c(c2)OCCC3)c1)C(=O)O. The molecule has 0 amide bonds. The van der Waals surface area contributed by atoms with Gasteiger partial charge in [0.05, 0.1) is 12.3 Å². The molecule has 6 nitrogen and oxygen atoms in total. The predicted molar refractivity (Wildman–Crippen MR) is 121 cm³/mol. The van der Waals surface area contributed by atoms with Gasteiger partial charge in [0, 0.05) is 18.3 Å². The lowest BCUT2D eigenvalue weighted by Crippen LogP contribution is -2.22. The molecule has 3 aromatic rings. The molecule has 1 aliphatic heterocycles. The monoisotopic (exact) mass is 431 g/mol. The van der Waals surface area contributed by atoms with Crippen molar-refractivity contribution < 1.29 is 24.2 Å². The van der Waals surface area contributed by atoms with Crippen LogP contribution < -0.4 is 9.47 Å². The average Bonchev–Trinajstić information content (AvgIpc) is 3.27. The van der Waals surface area contributed by atoms with Gasteiger partial charge in [-0.1, -0.05) is 36.4 Å². The maximum Gasteiger partial charge on any atom is 0.344 e.